The average Bonchev–Trinajstić information content (AvgIpc) is 2.75. The maximum Gasteiger partial charge on any atom is 0.251 e. The molecule has 0 spiro atoms. The van der Waals surface area contributed by atoms with Crippen LogP contribution in [0.4, 0.5) is 0 Å². The molecule has 1 N–H and O–H groups in total. The van der Waals surface area contributed by atoms with Gasteiger partial charge in [-0.1, -0.05) is 0 Å². The van der Waals surface area contributed by atoms with Crippen LogP contribution in [0.1, 0.15) is 10.4 Å². The summed E-state index contributed by atoms with van der Waals surface area (Å²) >= 11 is 0. The van der Waals surface area contributed by atoms with Gasteiger partial charge in [-0.05, 0) is 24.3 Å². The van der Waals surface area contributed by atoms with Gasteiger partial charge in [0, 0.05) is 38.3 Å². The molecule has 162 valence electrons. The summed E-state index contributed by atoms with van der Waals surface area (Å²) in [4.78, 5) is 12.4. The zero-order chi connectivity index (χ0) is 20.9. The summed E-state index contributed by atoms with van der Waals surface area (Å²) in [6.45, 7) is 2.62. The SMILES string of the molecule is O=C(NCCS(=O)(=O)N1CCOCC1)c1ccc(S(=O)(=O)N2CCOCC2)cc1. The van der Waals surface area contributed by atoms with Crippen molar-refractivity contribution >= 4 is 26.0 Å². The molecule has 1 aromatic rings. The van der Waals surface area contributed by atoms with E-state index in [1.807, 2.05) is 0 Å². The number of rotatable bonds is 7. The van der Waals surface area contributed by atoms with E-state index in [-0.39, 0.29) is 22.8 Å². The van der Waals surface area contributed by atoms with Gasteiger partial charge in [0.1, 0.15) is 0 Å². The Morgan fingerprint density at radius 1 is 0.862 bits per heavy atom. The highest BCUT2D eigenvalue weighted by Crippen LogP contribution is 2.17. The molecule has 0 aromatic heterocycles. The highest BCUT2D eigenvalue weighted by Gasteiger charge is 2.27. The van der Waals surface area contributed by atoms with E-state index in [9.17, 15) is 21.6 Å². The van der Waals surface area contributed by atoms with Crippen molar-refractivity contribution < 1.29 is 31.1 Å². The molecule has 0 bridgehead atoms. The minimum Gasteiger partial charge on any atom is -0.379 e. The fourth-order valence-electron chi connectivity index (χ4n) is 3.06. The topological polar surface area (TPSA) is 122 Å². The van der Waals surface area contributed by atoms with E-state index in [0.29, 0.717) is 52.6 Å². The second kappa shape index (κ2) is 9.49. The van der Waals surface area contributed by atoms with Crippen LogP contribution in [0.25, 0.3) is 0 Å². The molecule has 3 rings (SSSR count). The highest BCUT2D eigenvalue weighted by molar-refractivity contribution is 7.89. The summed E-state index contributed by atoms with van der Waals surface area (Å²) in [6.07, 6.45) is 0. The first kappa shape index (κ1) is 22.1. The lowest BCUT2D eigenvalue weighted by molar-refractivity contribution is 0.0730. The van der Waals surface area contributed by atoms with Gasteiger partial charge in [0.25, 0.3) is 5.91 Å². The number of carbonyl (C=O) groups excluding carboxylic acids is 1. The largest absolute Gasteiger partial charge is 0.379 e. The third-order valence-corrected chi connectivity index (χ3v) is 8.52. The summed E-state index contributed by atoms with van der Waals surface area (Å²) in [5, 5.41) is 2.56. The summed E-state index contributed by atoms with van der Waals surface area (Å²) in [7, 11) is -7.08. The van der Waals surface area contributed by atoms with Gasteiger partial charge < -0.3 is 14.8 Å². The van der Waals surface area contributed by atoms with Gasteiger partial charge >= 0.3 is 0 Å². The lowest BCUT2D eigenvalue weighted by atomic mass is 10.2. The van der Waals surface area contributed by atoms with Crippen molar-refractivity contribution in [1.82, 2.24) is 13.9 Å². The Bertz CT molecular complexity index is 905. The molecule has 10 nitrogen and oxygen atoms in total. The molecule has 0 unspecified atom stereocenters. The van der Waals surface area contributed by atoms with Crippen molar-refractivity contribution in [2.75, 3.05) is 64.9 Å². The molecule has 12 heteroatoms. The zero-order valence-corrected chi connectivity index (χ0v) is 17.6. The first-order valence-corrected chi connectivity index (χ1v) is 12.4. The van der Waals surface area contributed by atoms with Crippen molar-refractivity contribution in [3.05, 3.63) is 29.8 Å². The lowest BCUT2D eigenvalue weighted by Gasteiger charge is -2.26. The quantitative estimate of drug-likeness (QED) is 0.575. The van der Waals surface area contributed by atoms with Crippen LogP contribution in [0.15, 0.2) is 29.2 Å². The molecule has 29 heavy (non-hydrogen) atoms. The van der Waals surface area contributed by atoms with E-state index >= 15 is 0 Å². The maximum absolute atomic E-state index is 12.6. The number of benzene rings is 1. The highest BCUT2D eigenvalue weighted by atomic mass is 32.2. The van der Waals surface area contributed by atoms with Gasteiger partial charge in [0.15, 0.2) is 0 Å². The van der Waals surface area contributed by atoms with Crippen molar-refractivity contribution in [2.24, 2.45) is 0 Å². The number of nitrogens with one attached hydrogen (secondary N) is 1. The number of sulfonamides is 2. The average molecular weight is 448 g/mol. The molecule has 2 aliphatic heterocycles. The van der Waals surface area contributed by atoms with E-state index in [0.717, 1.165) is 0 Å². The minimum atomic E-state index is -3.63. The van der Waals surface area contributed by atoms with Crippen LogP contribution in [0.5, 0.6) is 0 Å². The maximum atomic E-state index is 12.6. The van der Waals surface area contributed by atoms with Crippen LogP contribution in [-0.2, 0) is 29.5 Å². The molecule has 0 atom stereocenters. The summed E-state index contributed by atoms with van der Waals surface area (Å²) in [6, 6.07) is 5.59. The second-order valence-electron chi connectivity index (χ2n) is 6.62. The number of nitrogens with zero attached hydrogens (tertiary/aromatic N) is 2. The molecule has 1 amide bonds. The normalized spacial score (nSPS) is 19.7. The van der Waals surface area contributed by atoms with Crippen LogP contribution < -0.4 is 5.32 Å². The number of hydrogen-bond acceptors (Lipinski definition) is 7. The Morgan fingerprint density at radius 3 is 1.93 bits per heavy atom. The number of hydrogen-bond donors (Lipinski definition) is 1. The van der Waals surface area contributed by atoms with Crippen LogP contribution in [0.3, 0.4) is 0 Å². The fraction of sp³-hybridized carbons (Fsp3) is 0.588. The van der Waals surface area contributed by atoms with Gasteiger partial charge in [0.2, 0.25) is 20.0 Å². The molecular weight excluding hydrogens is 422 g/mol. The molecule has 1 aromatic carbocycles. The fourth-order valence-corrected chi connectivity index (χ4v) is 5.80. The Kier molecular flexibility index (Phi) is 7.24. The summed E-state index contributed by atoms with van der Waals surface area (Å²) in [5.74, 6) is -0.667. The van der Waals surface area contributed by atoms with Crippen molar-refractivity contribution in [3.63, 3.8) is 0 Å². The molecule has 0 saturated carbocycles. The number of amides is 1. The van der Waals surface area contributed by atoms with E-state index in [1.165, 1.54) is 32.9 Å². The summed E-state index contributed by atoms with van der Waals surface area (Å²) < 4.78 is 62.7. The van der Waals surface area contributed by atoms with Gasteiger partial charge in [-0.25, -0.2) is 16.8 Å². The van der Waals surface area contributed by atoms with Crippen LogP contribution in [0.2, 0.25) is 0 Å². The van der Waals surface area contributed by atoms with Crippen LogP contribution in [0, 0.1) is 0 Å². The third kappa shape index (κ3) is 5.53. The van der Waals surface area contributed by atoms with Crippen molar-refractivity contribution in [1.29, 1.82) is 0 Å². The van der Waals surface area contributed by atoms with Crippen molar-refractivity contribution in [3.8, 4) is 0 Å². The first-order valence-electron chi connectivity index (χ1n) is 9.32. The third-order valence-electron chi connectivity index (χ3n) is 4.73. The van der Waals surface area contributed by atoms with E-state index in [1.54, 1.807) is 0 Å². The van der Waals surface area contributed by atoms with E-state index in [2.05, 4.69) is 5.32 Å². The predicted molar refractivity (Wildman–Crippen MR) is 105 cm³/mol. The van der Waals surface area contributed by atoms with Gasteiger partial charge in [-0.15, -0.1) is 0 Å². The number of morpholine rings is 2. The van der Waals surface area contributed by atoms with Gasteiger partial charge in [-0.3, -0.25) is 4.79 Å². The molecule has 2 heterocycles. The van der Waals surface area contributed by atoms with Crippen LogP contribution >= 0.6 is 0 Å². The number of ether oxygens (including phenoxy) is 2. The molecule has 2 saturated heterocycles. The standard InChI is InChI=1S/C17H25N3O7S2/c21-17(18-5-14-28(22,23)19-6-10-26-11-7-19)15-1-3-16(4-2-15)29(24,25)20-8-12-27-13-9-20/h1-4H,5-14H2,(H,18,21). The minimum absolute atomic E-state index is 0.0354. The lowest BCUT2D eigenvalue weighted by Crippen LogP contribution is -2.43. The second-order valence-corrected chi connectivity index (χ2v) is 10.7. The van der Waals surface area contributed by atoms with Gasteiger partial charge in [-0.2, -0.15) is 8.61 Å². The Balaban J connectivity index is 1.55. The van der Waals surface area contributed by atoms with E-state index < -0.39 is 26.0 Å². The molecule has 0 aliphatic carbocycles. The Hall–Kier alpha value is -1.57. The monoisotopic (exact) mass is 447 g/mol. The zero-order valence-electron chi connectivity index (χ0n) is 15.9. The van der Waals surface area contributed by atoms with Crippen molar-refractivity contribution in [2.45, 2.75) is 4.90 Å². The van der Waals surface area contributed by atoms with Crippen LogP contribution in [-0.4, -0.2) is 96.3 Å². The Labute approximate surface area is 170 Å². The first-order chi connectivity index (χ1) is 13.8. The molecule has 0 radical (unpaired) electrons. The molecular formula is C17H25N3O7S2. The summed E-state index contributed by atoms with van der Waals surface area (Å²) in [5.41, 5.74) is 0.259. The number of carbonyl (C=O) groups is 1. The molecule has 2 aliphatic rings. The van der Waals surface area contributed by atoms with Gasteiger partial charge in [0.05, 0.1) is 37.1 Å². The van der Waals surface area contributed by atoms with E-state index in [4.69, 9.17) is 9.47 Å². The smallest absolute Gasteiger partial charge is 0.251 e. The molecule has 2 fully saturated rings. The Morgan fingerprint density at radius 2 is 1.38 bits per heavy atom. The predicted octanol–water partition coefficient (Wildman–Crippen LogP) is -0.901.